The smallest absolute Gasteiger partial charge is 0.259 e. The molecule has 28 heavy (non-hydrogen) atoms. The molecule has 0 unspecified atom stereocenters. The summed E-state index contributed by atoms with van der Waals surface area (Å²) in [5, 5.41) is 2.86. The van der Waals surface area contributed by atoms with E-state index in [-0.39, 0.29) is 5.91 Å². The molecule has 0 bridgehead atoms. The van der Waals surface area contributed by atoms with Crippen LogP contribution in [0.5, 0.6) is 11.5 Å². The summed E-state index contributed by atoms with van der Waals surface area (Å²) in [4.78, 5) is 27.7. The van der Waals surface area contributed by atoms with Crippen LogP contribution in [0.25, 0.3) is 0 Å². The summed E-state index contributed by atoms with van der Waals surface area (Å²) in [6.07, 6.45) is 3.12. The third-order valence-corrected chi connectivity index (χ3v) is 4.38. The molecule has 1 aromatic carbocycles. The number of methoxy groups -OCH3 is 1. The maximum absolute atomic E-state index is 12.6. The number of aromatic nitrogens is 1. The number of hydrogen-bond donors (Lipinski definition) is 2. The van der Waals surface area contributed by atoms with Crippen LogP contribution in [0.3, 0.4) is 0 Å². The monoisotopic (exact) mass is 380 g/mol. The molecule has 0 saturated carbocycles. The Morgan fingerprint density at radius 1 is 1.36 bits per heavy atom. The van der Waals surface area contributed by atoms with Gasteiger partial charge >= 0.3 is 0 Å². The Hall–Kier alpha value is -3.46. The van der Waals surface area contributed by atoms with E-state index in [2.05, 4.69) is 20.3 Å². The molecular formula is C19H20N6O3. The van der Waals surface area contributed by atoms with Gasteiger partial charge in [0, 0.05) is 31.0 Å². The molecule has 0 spiro atoms. The van der Waals surface area contributed by atoms with Crippen LogP contribution < -0.4 is 20.5 Å². The quantitative estimate of drug-likeness (QED) is 0.797. The molecular weight excluding hydrogens is 360 g/mol. The fourth-order valence-corrected chi connectivity index (χ4v) is 3.14. The molecule has 2 aliphatic heterocycles. The minimum Gasteiger partial charge on any atom is -0.491 e. The number of hydrogen-bond acceptors (Lipinski definition) is 8. The zero-order valence-electron chi connectivity index (χ0n) is 15.4. The second kappa shape index (κ2) is 7.65. The van der Waals surface area contributed by atoms with Gasteiger partial charge in [0.2, 0.25) is 5.96 Å². The minimum absolute atomic E-state index is 0.295. The van der Waals surface area contributed by atoms with Gasteiger partial charge in [-0.2, -0.15) is 0 Å². The highest BCUT2D eigenvalue weighted by atomic mass is 16.5. The molecule has 9 heteroatoms. The van der Waals surface area contributed by atoms with Gasteiger partial charge in [0.1, 0.15) is 18.1 Å². The van der Waals surface area contributed by atoms with Crippen molar-refractivity contribution in [3.8, 4) is 11.5 Å². The van der Waals surface area contributed by atoms with Gasteiger partial charge in [-0.15, -0.1) is 0 Å². The number of ether oxygens (including phenoxy) is 2. The number of amides is 1. The summed E-state index contributed by atoms with van der Waals surface area (Å²) < 4.78 is 11.2. The van der Waals surface area contributed by atoms with Crippen molar-refractivity contribution in [1.82, 2.24) is 15.2 Å². The molecule has 0 atom stereocenters. The second-order valence-electron chi connectivity index (χ2n) is 6.12. The van der Waals surface area contributed by atoms with E-state index in [1.54, 1.807) is 25.4 Å². The lowest BCUT2D eigenvalue weighted by atomic mass is 10.1. The lowest BCUT2D eigenvalue weighted by molar-refractivity contribution is 0.0973. The number of pyridine rings is 1. The maximum atomic E-state index is 12.6. The Balaban J connectivity index is 1.74. The number of amidine groups is 1. The molecule has 0 fully saturated rings. The van der Waals surface area contributed by atoms with Crippen molar-refractivity contribution in [3.05, 3.63) is 47.8 Å². The lowest BCUT2D eigenvalue weighted by Gasteiger charge is -2.28. The van der Waals surface area contributed by atoms with Crippen molar-refractivity contribution >= 4 is 23.4 Å². The first-order valence-electron chi connectivity index (χ1n) is 8.89. The minimum atomic E-state index is -0.295. The van der Waals surface area contributed by atoms with Crippen molar-refractivity contribution < 1.29 is 14.3 Å². The molecule has 0 saturated heterocycles. The summed E-state index contributed by atoms with van der Waals surface area (Å²) in [6, 6.07) is 7.11. The number of fused-ring (bicyclic) bond motifs is 3. The Kier molecular flexibility index (Phi) is 4.90. The Morgan fingerprint density at radius 3 is 3.00 bits per heavy atom. The van der Waals surface area contributed by atoms with Crippen LogP contribution in [-0.4, -0.2) is 60.9 Å². The van der Waals surface area contributed by atoms with Crippen LogP contribution in [0.15, 0.2) is 46.6 Å². The van der Waals surface area contributed by atoms with Crippen LogP contribution in [-0.2, 0) is 0 Å². The summed E-state index contributed by atoms with van der Waals surface area (Å²) in [7, 11) is 1.55. The molecule has 1 aromatic heterocycles. The van der Waals surface area contributed by atoms with Gasteiger partial charge in [0.15, 0.2) is 11.5 Å². The average Bonchev–Trinajstić information content (AvgIpc) is 3.23. The number of nitrogens with one attached hydrogen (secondary N) is 1. The number of nitrogens with two attached hydrogens (primary N) is 1. The van der Waals surface area contributed by atoms with Crippen molar-refractivity contribution in [2.45, 2.75) is 0 Å². The van der Waals surface area contributed by atoms with Crippen LogP contribution in [0.2, 0.25) is 0 Å². The fraction of sp³-hybridized carbons (Fsp3) is 0.263. The topological polar surface area (TPSA) is 114 Å². The van der Waals surface area contributed by atoms with E-state index in [4.69, 9.17) is 15.2 Å². The molecule has 0 radical (unpaired) electrons. The first-order valence-corrected chi connectivity index (χ1v) is 8.89. The Bertz CT molecular complexity index is 958. The predicted octanol–water partition coefficient (Wildman–Crippen LogP) is 0.921. The number of benzene rings is 1. The van der Waals surface area contributed by atoms with E-state index in [0.29, 0.717) is 55.0 Å². The molecule has 3 heterocycles. The molecule has 9 nitrogen and oxygen atoms in total. The standard InChI is InChI=1S/C19H20N6O3/c1-27-16-14(28-10-6-20)5-4-13-15(16)23-19(25-9-8-22-17(13)25)24-18(26)12-3-2-7-21-11-12/h2-5,7,11H,6,8-10,20H2,1H3,(H,23,24,26). The summed E-state index contributed by atoms with van der Waals surface area (Å²) in [5.41, 5.74) is 7.37. The predicted molar refractivity (Wildman–Crippen MR) is 104 cm³/mol. The van der Waals surface area contributed by atoms with E-state index in [9.17, 15) is 4.79 Å². The molecule has 1 amide bonds. The van der Waals surface area contributed by atoms with Crippen molar-refractivity contribution in [2.24, 2.45) is 15.7 Å². The van der Waals surface area contributed by atoms with E-state index >= 15 is 0 Å². The van der Waals surface area contributed by atoms with Gasteiger partial charge in [-0.25, -0.2) is 4.99 Å². The second-order valence-corrected chi connectivity index (χ2v) is 6.12. The zero-order chi connectivity index (χ0) is 19.5. The average molecular weight is 380 g/mol. The largest absolute Gasteiger partial charge is 0.491 e. The Morgan fingerprint density at radius 2 is 2.25 bits per heavy atom. The van der Waals surface area contributed by atoms with E-state index in [0.717, 1.165) is 11.4 Å². The highest BCUT2D eigenvalue weighted by molar-refractivity contribution is 6.20. The molecule has 144 valence electrons. The van der Waals surface area contributed by atoms with E-state index in [1.165, 1.54) is 6.20 Å². The van der Waals surface area contributed by atoms with Gasteiger partial charge < -0.3 is 15.2 Å². The van der Waals surface area contributed by atoms with Gasteiger partial charge in [-0.1, -0.05) is 0 Å². The van der Waals surface area contributed by atoms with Crippen LogP contribution in [0.1, 0.15) is 15.9 Å². The van der Waals surface area contributed by atoms with Crippen molar-refractivity contribution in [1.29, 1.82) is 0 Å². The fourth-order valence-electron chi connectivity index (χ4n) is 3.14. The molecule has 0 aliphatic carbocycles. The van der Waals surface area contributed by atoms with E-state index < -0.39 is 0 Å². The first kappa shape index (κ1) is 17.9. The SMILES string of the molecule is COc1c(OCCN)ccc2c1N=C(NC(=O)c1cccnc1)N1CCN=C21. The van der Waals surface area contributed by atoms with Gasteiger partial charge in [-0.05, 0) is 24.3 Å². The number of nitrogens with zero attached hydrogens (tertiary/aromatic N) is 4. The number of carbonyl (C=O) groups excluding carboxylic acids is 1. The maximum Gasteiger partial charge on any atom is 0.259 e. The first-order chi connectivity index (χ1) is 13.7. The molecule has 2 aromatic rings. The summed E-state index contributed by atoms with van der Waals surface area (Å²) in [5.74, 6) is 1.87. The molecule has 3 N–H and O–H groups in total. The van der Waals surface area contributed by atoms with Gasteiger partial charge in [-0.3, -0.25) is 25.0 Å². The number of carbonyl (C=O) groups is 1. The number of guanidine groups is 1. The third kappa shape index (κ3) is 3.16. The summed E-state index contributed by atoms with van der Waals surface area (Å²) in [6.45, 7) is 1.99. The lowest BCUT2D eigenvalue weighted by Crippen LogP contribution is -2.47. The van der Waals surface area contributed by atoms with E-state index in [1.807, 2.05) is 17.0 Å². The highest BCUT2D eigenvalue weighted by Gasteiger charge is 2.33. The van der Waals surface area contributed by atoms with Crippen molar-refractivity contribution in [2.75, 3.05) is 33.4 Å². The van der Waals surface area contributed by atoms with Gasteiger partial charge in [0.05, 0.1) is 19.2 Å². The van der Waals surface area contributed by atoms with Gasteiger partial charge in [0.25, 0.3) is 5.91 Å². The highest BCUT2D eigenvalue weighted by Crippen LogP contribution is 2.43. The van der Waals surface area contributed by atoms with Crippen LogP contribution in [0.4, 0.5) is 5.69 Å². The van der Waals surface area contributed by atoms with Crippen molar-refractivity contribution in [3.63, 3.8) is 0 Å². The van der Waals surface area contributed by atoms with Crippen LogP contribution in [0, 0.1) is 0 Å². The zero-order valence-corrected chi connectivity index (χ0v) is 15.4. The number of aliphatic imine (C=N–C) groups is 2. The number of rotatable bonds is 5. The van der Waals surface area contributed by atoms with Crippen LogP contribution >= 0.6 is 0 Å². The molecule has 4 rings (SSSR count). The third-order valence-electron chi connectivity index (χ3n) is 4.38. The molecule has 2 aliphatic rings. The summed E-state index contributed by atoms with van der Waals surface area (Å²) >= 11 is 0. The normalized spacial score (nSPS) is 14.6. The Labute approximate surface area is 161 Å².